The molecule has 0 aliphatic heterocycles. The van der Waals surface area contributed by atoms with Crippen LogP contribution in [0.5, 0.6) is 0 Å². The Morgan fingerprint density at radius 3 is 2.44 bits per heavy atom. The maximum Gasteiger partial charge on any atom is 1.00 e. The van der Waals surface area contributed by atoms with Crippen molar-refractivity contribution in [2.75, 3.05) is 5.75 Å². The molecule has 0 fully saturated rings. The van der Waals surface area contributed by atoms with Crippen LogP contribution in [-0.4, -0.2) is 23.9 Å². The molecule has 0 saturated carbocycles. The van der Waals surface area contributed by atoms with E-state index in [-0.39, 0.29) is 41.9 Å². The van der Waals surface area contributed by atoms with Gasteiger partial charge in [-0.15, -0.1) is 0 Å². The fraction of sp³-hybridized carbons (Fsp3) is 0.273. The van der Waals surface area contributed by atoms with Gasteiger partial charge in [-0.05, 0) is 5.56 Å². The van der Waals surface area contributed by atoms with Crippen LogP contribution in [-0.2, 0) is 16.1 Å². The number of benzene rings is 1. The summed E-state index contributed by atoms with van der Waals surface area (Å²) in [4.78, 5) is 21.7. The van der Waals surface area contributed by atoms with Crippen molar-refractivity contribution in [2.45, 2.75) is 12.6 Å². The summed E-state index contributed by atoms with van der Waals surface area (Å²) in [6, 6.07) is 7.91. The van der Waals surface area contributed by atoms with Crippen molar-refractivity contribution >= 4 is 24.7 Å². The first-order chi connectivity index (χ1) is 8.13. The third-order valence-corrected chi connectivity index (χ3v) is 2.34. The van der Waals surface area contributed by atoms with Crippen LogP contribution in [0.15, 0.2) is 30.3 Å². The Morgan fingerprint density at radius 2 is 1.94 bits per heavy atom. The van der Waals surface area contributed by atoms with Crippen molar-refractivity contribution in [2.24, 2.45) is 0 Å². The number of carbonyl (C=O) groups excluding carboxylic acids is 2. The van der Waals surface area contributed by atoms with E-state index in [0.717, 1.165) is 5.56 Å². The molecule has 0 heterocycles. The molecule has 1 aromatic carbocycles. The van der Waals surface area contributed by atoms with Gasteiger partial charge in [0.05, 0.1) is 12.0 Å². The predicted molar refractivity (Wildman–Crippen MR) is 62.4 cm³/mol. The van der Waals surface area contributed by atoms with Crippen LogP contribution in [0.4, 0.5) is 4.79 Å². The largest absolute Gasteiger partial charge is 1.00 e. The van der Waals surface area contributed by atoms with Crippen molar-refractivity contribution in [3.8, 4) is 0 Å². The van der Waals surface area contributed by atoms with Gasteiger partial charge < -0.3 is 20.0 Å². The van der Waals surface area contributed by atoms with Crippen molar-refractivity contribution in [3.05, 3.63) is 35.9 Å². The molecule has 0 aliphatic carbocycles. The fourth-order valence-corrected chi connectivity index (χ4v) is 1.33. The number of hydrogen-bond donors (Lipinski definition) is 2. The number of carboxylic acid groups (broad SMARTS) is 1. The average molecular weight is 277 g/mol. The number of ether oxygens (including phenoxy) is 1. The summed E-state index contributed by atoms with van der Waals surface area (Å²) >= 11 is 3.78. The second kappa shape index (κ2) is 9.27. The maximum absolute atomic E-state index is 11.2. The van der Waals surface area contributed by atoms with Gasteiger partial charge in [0.2, 0.25) is 0 Å². The van der Waals surface area contributed by atoms with Crippen LogP contribution >= 0.6 is 12.6 Å². The summed E-state index contributed by atoms with van der Waals surface area (Å²) in [5.74, 6) is -1.44. The molecule has 0 unspecified atom stereocenters. The molecule has 1 rings (SSSR count). The van der Waals surface area contributed by atoms with E-state index in [4.69, 9.17) is 4.74 Å². The Bertz CT molecular complexity index is 388. The van der Waals surface area contributed by atoms with Crippen LogP contribution in [0.3, 0.4) is 0 Å². The minimum atomic E-state index is -1.39. The molecule has 0 aromatic heterocycles. The molecule has 1 atom stereocenters. The topological polar surface area (TPSA) is 78.5 Å². The van der Waals surface area contributed by atoms with Gasteiger partial charge in [0.15, 0.2) is 0 Å². The zero-order valence-corrected chi connectivity index (χ0v) is 12.9. The number of alkyl carbamates (subject to hydrolysis) is 1. The van der Waals surface area contributed by atoms with Gasteiger partial charge >= 0.3 is 35.7 Å². The number of nitrogens with one attached hydrogen (secondary N) is 1. The van der Waals surface area contributed by atoms with Crippen LogP contribution in [0.2, 0.25) is 0 Å². The average Bonchev–Trinajstić information content (AvgIpc) is 2.34. The Kier molecular flexibility index (Phi) is 8.91. The Balaban J connectivity index is 0.00000289. The SMILES string of the molecule is O=C(N[C@@H](CS)C(=O)[O-])OCc1ccccc1.[Na+]. The number of aliphatic carboxylic acids is 1. The van der Waals surface area contributed by atoms with Crippen LogP contribution in [0, 0.1) is 0 Å². The summed E-state index contributed by atoms with van der Waals surface area (Å²) in [7, 11) is 0. The second-order valence-electron chi connectivity index (χ2n) is 3.26. The minimum Gasteiger partial charge on any atom is -0.548 e. The molecule has 0 bridgehead atoms. The smallest absolute Gasteiger partial charge is 0.548 e. The summed E-state index contributed by atoms with van der Waals surface area (Å²) in [6.45, 7) is 0.0824. The first-order valence-corrected chi connectivity index (χ1v) is 5.55. The van der Waals surface area contributed by atoms with Crippen LogP contribution < -0.4 is 40.0 Å². The zero-order chi connectivity index (χ0) is 12.7. The molecule has 1 N–H and O–H groups in total. The van der Waals surface area contributed by atoms with Gasteiger partial charge in [-0.3, -0.25) is 0 Å². The summed E-state index contributed by atoms with van der Waals surface area (Å²) in [5.41, 5.74) is 0.818. The summed E-state index contributed by atoms with van der Waals surface area (Å²) in [6.07, 6.45) is -0.808. The van der Waals surface area contributed by atoms with E-state index in [9.17, 15) is 14.7 Å². The summed E-state index contributed by atoms with van der Waals surface area (Å²) < 4.78 is 4.84. The monoisotopic (exact) mass is 277 g/mol. The second-order valence-corrected chi connectivity index (χ2v) is 3.63. The van der Waals surface area contributed by atoms with E-state index >= 15 is 0 Å². The third-order valence-electron chi connectivity index (χ3n) is 1.97. The molecule has 1 amide bonds. The third kappa shape index (κ3) is 6.30. The molecule has 18 heavy (non-hydrogen) atoms. The summed E-state index contributed by atoms with van der Waals surface area (Å²) in [5, 5.41) is 12.6. The molecule has 0 aliphatic rings. The molecule has 0 saturated heterocycles. The molecule has 7 heteroatoms. The van der Waals surface area contributed by atoms with Gasteiger partial charge in [0.1, 0.15) is 6.61 Å². The molecule has 0 spiro atoms. The molecular formula is C11H12NNaO4S. The first-order valence-electron chi connectivity index (χ1n) is 4.92. The van der Waals surface area contributed by atoms with Gasteiger partial charge in [-0.1, -0.05) is 30.3 Å². The van der Waals surface area contributed by atoms with Crippen LogP contribution in [0.1, 0.15) is 5.56 Å². The van der Waals surface area contributed by atoms with Crippen molar-refractivity contribution < 1.29 is 49.0 Å². The molecule has 92 valence electrons. The van der Waals surface area contributed by atoms with E-state index in [2.05, 4.69) is 17.9 Å². The molecule has 5 nitrogen and oxygen atoms in total. The number of hydrogen-bond acceptors (Lipinski definition) is 5. The fourth-order valence-electron chi connectivity index (χ4n) is 1.09. The Hall–Kier alpha value is -0.690. The van der Waals surface area contributed by atoms with Crippen molar-refractivity contribution in [3.63, 3.8) is 0 Å². The molecular weight excluding hydrogens is 265 g/mol. The maximum atomic E-state index is 11.2. The number of thiol groups is 1. The van der Waals surface area contributed by atoms with Crippen molar-refractivity contribution in [1.82, 2.24) is 5.32 Å². The standard InChI is InChI=1S/C11H13NO4S.Na/c13-10(14)9(7-17)12-11(15)16-6-8-4-2-1-3-5-8;/h1-5,9,17H,6-7H2,(H,12,15)(H,13,14);/q;+1/p-1/t9-;/m0./s1. The zero-order valence-electron chi connectivity index (χ0n) is 9.96. The van der Waals surface area contributed by atoms with Gasteiger partial charge in [-0.2, -0.15) is 12.6 Å². The first kappa shape index (κ1) is 17.3. The minimum absolute atomic E-state index is 0. The van der Waals surface area contributed by atoms with E-state index in [0.29, 0.717) is 0 Å². The van der Waals surface area contributed by atoms with E-state index in [1.165, 1.54) is 0 Å². The Labute approximate surface area is 133 Å². The van der Waals surface area contributed by atoms with Gasteiger partial charge in [-0.25, -0.2) is 4.79 Å². The normalized spacial score (nSPS) is 10.9. The van der Waals surface area contributed by atoms with Gasteiger partial charge in [0, 0.05) is 5.75 Å². The quantitative estimate of drug-likeness (QED) is 0.443. The van der Waals surface area contributed by atoms with Crippen LogP contribution in [0.25, 0.3) is 0 Å². The predicted octanol–water partition coefficient (Wildman–Crippen LogP) is -3.03. The number of amides is 1. The Morgan fingerprint density at radius 1 is 1.33 bits per heavy atom. The van der Waals surface area contributed by atoms with E-state index < -0.39 is 18.1 Å². The number of rotatable bonds is 5. The van der Waals surface area contributed by atoms with Crippen molar-refractivity contribution in [1.29, 1.82) is 0 Å². The number of carboxylic acids is 1. The number of carbonyl (C=O) groups is 2. The van der Waals surface area contributed by atoms with Gasteiger partial charge in [0.25, 0.3) is 0 Å². The van der Waals surface area contributed by atoms with E-state index in [1.54, 1.807) is 12.1 Å². The molecule has 0 radical (unpaired) electrons. The van der Waals surface area contributed by atoms with E-state index in [1.807, 2.05) is 18.2 Å². The molecule has 1 aromatic rings.